The first-order valence-electron chi connectivity index (χ1n) is 5.96. The molecule has 0 bridgehead atoms. The SMILES string of the molecule is CCc1nnsc1C(=O)N1CCOCC1C(=O)OC. The van der Waals surface area contributed by atoms with E-state index in [-0.39, 0.29) is 12.5 Å². The molecule has 1 amide bonds. The summed E-state index contributed by atoms with van der Waals surface area (Å²) in [4.78, 5) is 26.1. The molecule has 0 spiro atoms. The van der Waals surface area contributed by atoms with Crippen molar-refractivity contribution in [2.24, 2.45) is 0 Å². The van der Waals surface area contributed by atoms with Crippen molar-refractivity contribution in [1.82, 2.24) is 14.5 Å². The van der Waals surface area contributed by atoms with E-state index in [0.717, 1.165) is 11.5 Å². The summed E-state index contributed by atoms with van der Waals surface area (Å²) in [7, 11) is 1.30. The molecule has 1 fully saturated rings. The Morgan fingerprint density at radius 2 is 2.37 bits per heavy atom. The van der Waals surface area contributed by atoms with Gasteiger partial charge in [0, 0.05) is 6.54 Å². The predicted octanol–water partition coefficient (Wildman–Crippen LogP) is 0.114. The normalized spacial score (nSPS) is 19.3. The molecule has 19 heavy (non-hydrogen) atoms. The van der Waals surface area contributed by atoms with Crippen molar-refractivity contribution < 1.29 is 19.1 Å². The number of aromatic nitrogens is 2. The Kier molecular flexibility index (Phi) is 4.43. The molecule has 104 valence electrons. The van der Waals surface area contributed by atoms with Gasteiger partial charge >= 0.3 is 5.97 Å². The molecule has 1 aromatic heterocycles. The van der Waals surface area contributed by atoms with Gasteiger partial charge in [-0.2, -0.15) is 0 Å². The van der Waals surface area contributed by atoms with Crippen LogP contribution in [0.1, 0.15) is 22.3 Å². The number of amides is 1. The molecule has 0 saturated carbocycles. The van der Waals surface area contributed by atoms with Crippen molar-refractivity contribution in [2.75, 3.05) is 26.9 Å². The lowest BCUT2D eigenvalue weighted by Gasteiger charge is -2.33. The van der Waals surface area contributed by atoms with Gasteiger partial charge in [0.05, 0.1) is 26.0 Å². The Labute approximate surface area is 114 Å². The number of methoxy groups -OCH3 is 1. The van der Waals surface area contributed by atoms with Crippen LogP contribution in [0.15, 0.2) is 0 Å². The third-order valence-electron chi connectivity index (χ3n) is 2.95. The Balaban J connectivity index is 2.22. The van der Waals surface area contributed by atoms with E-state index in [0.29, 0.717) is 30.1 Å². The number of nitrogens with zero attached hydrogens (tertiary/aromatic N) is 3. The highest BCUT2D eigenvalue weighted by atomic mass is 32.1. The van der Waals surface area contributed by atoms with Crippen LogP contribution in [0.5, 0.6) is 0 Å². The van der Waals surface area contributed by atoms with Crippen molar-refractivity contribution in [3.63, 3.8) is 0 Å². The minimum absolute atomic E-state index is 0.159. The standard InChI is InChI=1S/C11H15N3O4S/c1-3-7-9(19-13-12-7)10(15)14-4-5-18-6-8(14)11(16)17-2/h8H,3-6H2,1-2H3. The zero-order chi connectivity index (χ0) is 13.8. The molecule has 1 aliphatic rings. The molecule has 8 heteroatoms. The van der Waals surface area contributed by atoms with E-state index in [2.05, 4.69) is 9.59 Å². The molecule has 0 aromatic carbocycles. The van der Waals surface area contributed by atoms with Crippen molar-refractivity contribution in [3.05, 3.63) is 10.6 Å². The molecule has 2 rings (SSSR count). The van der Waals surface area contributed by atoms with Gasteiger partial charge < -0.3 is 14.4 Å². The van der Waals surface area contributed by atoms with Gasteiger partial charge in [0.2, 0.25) is 0 Å². The quantitative estimate of drug-likeness (QED) is 0.733. The highest BCUT2D eigenvalue weighted by molar-refractivity contribution is 7.08. The Bertz CT molecular complexity index is 476. The summed E-state index contributed by atoms with van der Waals surface area (Å²) < 4.78 is 13.7. The van der Waals surface area contributed by atoms with E-state index < -0.39 is 12.0 Å². The van der Waals surface area contributed by atoms with Crippen molar-refractivity contribution in [2.45, 2.75) is 19.4 Å². The van der Waals surface area contributed by atoms with Crippen LogP contribution in [-0.4, -0.2) is 59.3 Å². The fourth-order valence-electron chi connectivity index (χ4n) is 1.91. The average Bonchev–Trinajstić information content (AvgIpc) is 2.94. The van der Waals surface area contributed by atoms with Gasteiger partial charge in [-0.25, -0.2) is 4.79 Å². The molecule has 1 saturated heterocycles. The topological polar surface area (TPSA) is 81.6 Å². The van der Waals surface area contributed by atoms with Crippen LogP contribution in [-0.2, 0) is 20.7 Å². The van der Waals surface area contributed by atoms with E-state index in [1.165, 1.54) is 12.0 Å². The van der Waals surface area contributed by atoms with Crippen molar-refractivity contribution in [1.29, 1.82) is 0 Å². The van der Waals surface area contributed by atoms with Crippen LogP contribution in [0.4, 0.5) is 0 Å². The largest absolute Gasteiger partial charge is 0.467 e. The zero-order valence-corrected chi connectivity index (χ0v) is 11.6. The van der Waals surface area contributed by atoms with E-state index in [9.17, 15) is 9.59 Å². The monoisotopic (exact) mass is 285 g/mol. The van der Waals surface area contributed by atoms with Gasteiger partial charge in [-0.15, -0.1) is 5.10 Å². The van der Waals surface area contributed by atoms with Crippen LogP contribution in [0, 0.1) is 0 Å². The molecule has 0 aliphatic carbocycles. The molecule has 1 unspecified atom stereocenters. The van der Waals surface area contributed by atoms with Crippen LogP contribution in [0.25, 0.3) is 0 Å². The van der Waals surface area contributed by atoms with Gasteiger partial charge in [0.1, 0.15) is 4.88 Å². The smallest absolute Gasteiger partial charge is 0.331 e. The van der Waals surface area contributed by atoms with E-state index in [4.69, 9.17) is 9.47 Å². The number of hydrogen-bond acceptors (Lipinski definition) is 7. The fourth-order valence-corrected chi connectivity index (χ4v) is 2.62. The fraction of sp³-hybridized carbons (Fsp3) is 0.636. The first-order chi connectivity index (χ1) is 9.19. The lowest BCUT2D eigenvalue weighted by molar-refractivity contribution is -0.151. The number of morpholine rings is 1. The van der Waals surface area contributed by atoms with E-state index in [1.54, 1.807) is 0 Å². The van der Waals surface area contributed by atoms with Gasteiger partial charge in [0.15, 0.2) is 6.04 Å². The molecule has 2 heterocycles. The molecular weight excluding hydrogens is 270 g/mol. The summed E-state index contributed by atoms with van der Waals surface area (Å²) in [6, 6.07) is -0.696. The Morgan fingerprint density at radius 3 is 3.05 bits per heavy atom. The summed E-state index contributed by atoms with van der Waals surface area (Å²) in [5.41, 5.74) is 0.658. The highest BCUT2D eigenvalue weighted by Crippen LogP contribution is 2.18. The third kappa shape index (κ3) is 2.74. The summed E-state index contributed by atoms with van der Waals surface area (Å²) in [6.07, 6.45) is 0.630. The first kappa shape index (κ1) is 13.9. The van der Waals surface area contributed by atoms with Gasteiger partial charge in [-0.05, 0) is 18.0 Å². The molecule has 0 N–H and O–H groups in total. The third-order valence-corrected chi connectivity index (χ3v) is 3.70. The molecular formula is C11H15N3O4S. The number of aryl methyl sites for hydroxylation is 1. The molecule has 0 radical (unpaired) electrons. The number of esters is 1. The van der Waals surface area contributed by atoms with Crippen LogP contribution in [0.3, 0.4) is 0 Å². The Morgan fingerprint density at radius 1 is 1.58 bits per heavy atom. The van der Waals surface area contributed by atoms with Gasteiger partial charge in [0.25, 0.3) is 5.91 Å². The van der Waals surface area contributed by atoms with Crippen LogP contribution >= 0.6 is 11.5 Å². The predicted molar refractivity (Wildman–Crippen MR) is 66.9 cm³/mol. The van der Waals surface area contributed by atoms with Crippen LogP contribution < -0.4 is 0 Å². The summed E-state index contributed by atoms with van der Waals surface area (Å²) in [5.74, 6) is -0.700. The first-order valence-corrected chi connectivity index (χ1v) is 6.74. The Hall–Kier alpha value is -1.54. The molecule has 1 aliphatic heterocycles. The maximum atomic E-state index is 12.5. The minimum Gasteiger partial charge on any atom is -0.467 e. The number of carbonyl (C=O) groups excluding carboxylic acids is 2. The van der Waals surface area contributed by atoms with Gasteiger partial charge in [-0.1, -0.05) is 11.4 Å². The lowest BCUT2D eigenvalue weighted by Crippen LogP contribution is -2.53. The lowest BCUT2D eigenvalue weighted by atomic mass is 10.2. The second-order valence-electron chi connectivity index (χ2n) is 4.01. The van der Waals surface area contributed by atoms with Crippen molar-refractivity contribution >= 4 is 23.4 Å². The molecule has 1 atom stereocenters. The minimum atomic E-state index is -0.696. The summed E-state index contributed by atoms with van der Waals surface area (Å²) in [6.45, 7) is 2.84. The number of carbonyl (C=O) groups is 2. The average molecular weight is 285 g/mol. The van der Waals surface area contributed by atoms with Gasteiger partial charge in [-0.3, -0.25) is 4.79 Å². The molecule has 7 nitrogen and oxygen atoms in total. The number of rotatable bonds is 3. The molecule has 1 aromatic rings. The maximum absolute atomic E-state index is 12.5. The van der Waals surface area contributed by atoms with E-state index >= 15 is 0 Å². The maximum Gasteiger partial charge on any atom is 0.331 e. The number of ether oxygens (including phenoxy) is 2. The highest BCUT2D eigenvalue weighted by Gasteiger charge is 2.35. The second kappa shape index (κ2) is 6.07. The zero-order valence-electron chi connectivity index (χ0n) is 10.8. The van der Waals surface area contributed by atoms with Crippen LogP contribution in [0.2, 0.25) is 0 Å². The number of hydrogen-bond donors (Lipinski definition) is 0. The van der Waals surface area contributed by atoms with Crippen molar-refractivity contribution in [3.8, 4) is 0 Å². The second-order valence-corrected chi connectivity index (χ2v) is 4.77. The van der Waals surface area contributed by atoms with E-state index in [1.807, 2.05) is 6.92 Å². The summed E-state index contributed by atoms with van der Waals surface area (Å²) >= 11 is 1.05. The summed E-state index contributed by atoms with van der Waals surface area (Å²) in [5, 5.41) is 3.91.